The second-order valence-corrected chi connectivity index (χ2v) is 8.55. The first-order chi connectivity index (χ1) is 14.1. The maximum atomic E-state index is 12.1. The first-order valence-electron chi connectivity index (χ1n) is 12.5. The molecule has 0 fully saturated rings. The molecule has 0 amide bonds. The molecule has 0 aliphatic rings. The summed E-state index contributed by atoms with van der Waals surface area (Å²) in [5, 5.41) is 9.06. The number of esters is 1. The topological polar surface area (TPSA) is 63.6 Å². The maximum absolute atomic E-state index is 12.1. The van der Waals surface area contributed by atoms with Crippen LogP contribution in [0.3, 0.4) is 0 Å². The van der Waals surface area contributed by atoms with Gasteiger partial charge in [-0.3, -0.25) is 9.59 Å². The summed E-state index contributed by atoms with van der Waals surface area (Å²) in [6, 6.07) is 0. The molecule has 0 spiro atoms. The van der Waals surface area contributed by atoms with Gasteiger partial charge in [0, 0.05) is 6.42 Å². The lowest BCUT2D eigenvalue weighted by molar-refractivity contribution is -0.153. The van der Waals surface area contributed by atoms with Gasteiger partial charge in [-0.1, -0.05) is 110 Å². The zero-order chi connectivity index (χ0) is 21.6. The highest BCUT2D eigenvalue weighted by Gasteiger charge is 2.17. The molecule has 0 rings (SSSR count). The molecule has 0 aliphatic heterocycles. The van der Waals surface area contributed by atoms with Crippen molar-refractivity contribution >= 4 is 11.9 Å². The highest BCUT2D eigenvalue weighted by atomic mass is 16.5. The molecule has 0 unspecified atom stereocenters. The Kier molecular flexibility index (Phi) is 20.9. The van der Waals surface area contributed by atoms with Crippen LogP contribution in [0.4, 0.5) is 0 Å². The third kappa shape index (κ3) is 21.5. The largest absolute Gasteiger partial charge is 0.481 e. The monoisotopic (exact) mass is 412 g/mol. The van der Waals surface area contributed by atoms with Gasteiger partial charge >= 0.3 is 11.9 Å². The van der Waals surface area contributed by atoms with Crippen molar-refractivity contribution in [3.63, 3.8) is 0 Å². The van der Waals surface area contributed by atoms with Crippen LogP contribution >= 0.6 is 0 Å². The van der Waals surface area contributed by atoms with E-state index >= 15 is 0 Å². The van der Waals surface area contributed by atoms with Crippen molar-refractivity contribution in [1.82, 2.24) is 0 Å². The number of ether oxygens (including phenoxy) is 1. The molecule has 29 heavy (non-hydrogen) atoms. The quantitative estimate of drug-likeness (QED) is 0.145. The summed E-state index contributed by atoms with van der Waals surface area (Å²) in [7, 11) is 0. The summed E-state index contributed by atoms with van der Waals surface area (Å²) < 4.78 is 5.46. The smallest absolute Gasteiger partial charge is 0.307 e. The zero-order valence-corrected chi connectivity index (χ0v) is 19.4. The predicted molar refractivity (Wildman–Crippen MR) is 121 cm³/mol. The summed E-state index contributed by atoms with van der Waals surface area (Å²) in [5.74, 6) is -1.11. The number of carbonyl (C=O) groups excluding carboxylic acids is 1. The molecule has 1 atom stereocenters. The van der Waals surface area contributed by atoms with E-state index in [9.17, 15) is 9.59 Å². The number of hydrogen-bond donors (Lipinski definition) is 1. The second kappa shape index (κ2) is 21.6. The highest BCUT2D eigenvalue weighted by Crippen LogP contribution is 2.15. The lowest BCUT2D eigenvalue weighted by atomic mass is 10.0. The number of carboxylic acid groups (broad SMARTS) is 1. The molecule has 4 heteroatoms. The van der Waals surface area contributed by atoms with Gasteiger partial charge in [-0.2, -0.15) is 0 Å². The molecular weight excluding hydrogens is 364 g/mol. The van der Waals surface area contributed by atoms with Crippen LogP contribution in [-0.2, 0) is 14.3 Å². The Morgan fingerprint density at radius 1 is 0.655 bits per heavy atom. The molecule has 0 saturated carbocycles. The van der Waals surface area contributed by atoms with Gasteiger partial charge in [0.1, 0.15) is 6.10 Å². The minimum Gasteiger partial charge on any atom is -0.481 e. The van der Waals surface area contributed by atoms with Crippen molar-refractivity contribution in [2.24, 2.45) is 0 Å². The van der Waals surface area contributed by atoms with Crippen LogP contribution < -0.4 is 0 Å². The van der Waals surface area contributed by atoms with Crippen LogP contribution in [0.2, 0.25) is 0 Å². The minimum atomic E-state index is -0.886. The average Bonchev–Trinajstić information content (AvgIpc) is 2.68. The molecule has 0 aromatic carbocycles. The first-order valence-corrected chi connectivity index (χ1v) is 12.5. The Morgan fingerprint density at radius 3 is 1.52 bits per heavy atom. The molecule has 0 saturated heterocycles. The summed E-state index contributed by atoms with van der Waals surface area (Å²) in [4.78, 5) is 23.1. The molecule has 0 bridgehead atoms. The number of hydrogen-bond acceptors (Lipinski definition) is 3. The third-order valence-electron chi connectivity index (χ3n) is 5.56. The Morgan fingerprint density at radius 2 is 1.07 bits per heavy atom. The van der Waals surface area contributed by atoms with Crippen LogP contribution in [0.1, 0.15) is 142 Å². The van der Waals surface area contributed by atoms with Gasteiger partial charge in [-0.05, 0) is 19.3 Å². The van der Waals surface area contributed by atoms with Crippen LogP contribution in [0.25, 0.3) is 0 Å². The van der Waals surface area contributed by atoms with E-state index in [0.717, 1.165) is 25.7 Å². The lowest BCUT2D eigenvalue weighted by Gasteiger charge is -2.16. The van der Waals surface area contributed by atoms with Crippen LogP contribution in [0.15, 0.2) is 0 Å². The third-order valence-corrected chi connectivity index (χ3v) is 5.56. The van der Waals surface area contributed by atoms with Gasteiger partial charge in [0.2, 0.25) is 0 Å². The number of unbranched alkanes of at least 4 members (excludes halogenated alkanes) is 15. The van der Waals surface area contributed by atoms with Gasteiger partial charge in [-0.25, -0.2) is 0 Å². The minimum absolute atomic E-state index is 0.0705. The SMILES string of the molecule is CCCCCCCCCCCCCC(=O)O[C@H](CCCCCCCC)CC(=O)O. The zero-order valence-electron chi connectivity index (χ0n) is 19.4. The highest BCUT2D eigenvalue weighted by molar-refractivity contribution is 5.71. The Balaban J connectivity index is 3.70. The van der Waals surface area contributed by atoms with Crippen LogP contribution in [0, 0.1) is 0 Å². The van der Waals surface area contributed by atoms with Gasteiger partial charge in [0.15, 0.2) is 0 Å². The van der Waals surface area contributed by atoms with Gasteiger partial charge in [0.05, 0.1) is 6.42 Å². The number of aliphatic carboxylic acids is 1. The fourth-order valence-electron chi connectivity index (χ4n) is 3.73. The summed E-state index contributed by atoms with van der Waals surface area (Å²) in [6.07, 6.45) is 21.2. The standard InChI is InChI=1S/C25H48O4/c1-3-5-7-9-11-12-13-14-15-17-19-21-25(28)29-23(22-24(26)27)20-18-16-10-8-6-4-2/h23H,3-22H2,1-2H3,(H,26,27)/t23-/m1/s1. The van der Waals surface area contributed by atoms with E-state index in [1.807, 2.05) is 0 Å². The van der Waals surface area contributed by atoms with E-state index in [0.29, 0.717) is 12.8 Å². The fraction of sp³-hybridized carbons (Fsp3) is 0.920. The Bertz CT molecular complexity index is 381. The van der Waals surface area contributed by atoms with Crippen molar-refractivity contribution in [2.45, 2.75) is 148 Å². The molecule has 0 heterocycles. The molecular formula is C25H48O4. The summed E-state index contributed by atoms with van der Waals surface area (Å²) in [6.45, 7) is 4.44. The molecule has 1 N–H and O–H groups in total. The van der Waals surface area contributed by atoms with Crippen molar-refractivity contribution in [1.29, 1.82) is 0 Å². The Labute approximate surface area is 180 Å². The molecule has 0 radical (unpaired) electrons. The lowest BCUT2D eigenvalue weighted by Crippen LogP contribution is -2.21. The molecule has 0 aromatic rings. The fourth-order valence-corrected chi connectivity index (χ4v) is 3.73. The van der Waals surface area contributed by atoms with Crippen molar-refractivity contribution in [2.75, 3.05) is 0 Å². The summed E-state index contributed by atoms with van der Waals surface area (Å²) >= 11 is 0. The number of carbonyl (C=O) groups is 2. The summed E-state index contributed by atoms with van der Waals surface area (Å²) in [5.41, 5.74) is 0. The Hall–Kier alpha value is -1.06. The predicted octanol–water partition coefficient (Wildman–Crippen LogP) is 7.82. The maximum Gasteiger partial charge on any atom is 0.307 e. The normalized spacial score (nSPS) is 12.1. The van der Waals surface area contributed by atoms with Crippen LogP contribution in [0.5, 0.6) is 0 Å². The molecule has 0 aromatic heterocycles. The van der Waals surface area contributed by atoms with E-state index in [2.05, 4.69) is 13.8 Å². The van der Waals surface area contributed by atoms with Crippen molar-refractivity contribution in [3.8, 4) is 0 Å². The molecule has 172 valence electrons. The first kappa shape index (κ1) is 27.9. The van der Waals surface area contributed by atoms with Crippen molar-refractivity contribution in [3.05, 3.63) is 0 Å². The average molecular weight is 413 g/mol. The van der Waals surface area contributed by atoms with E-state index in [1.54, 1.807) is 0 Å². The van der Waals surface area contributed by atoms with E-state index < -0.39 is 12.1 Å². The second-order valence-electron chi connectivity index (χ2n) is 8.55. The molecule has 4 nitrogen and oxygen atoms in total. The number of rotatable bonds is 22. The van der Waals surface area contributed by atoms with Gasteiger partial charge < -0.3 is 9.84 Å². The van der Waals surface area contributed by atoms with Gasteiger partial charge in [-0.15, -0.1) is 0 Å². The van der Waals surface area contributed by atoms with E-state index in [1.165, 1.54) is 83.5 Å². The van der Waals surface area contributed by atoms with E-state index in [4.69, 9.17) is 9.84 Å². The number of carboxylic acids is 1. The van der Waals surface area contributed by atoms with Gasteiger partial charge in [0.25, 0.3) is 0 Å². The van der Waals surface area contributed by atoms with E-state index in [-0.39, 0.29) is 12.4 Å². The molecule has 0 aliphatic carbocycles. The van der Waals surface area contributed by atoms with Crippen LogP contribution in [-0.4, -0.2) is 23.1 Å². The van der Waals surface area contributed by atoms with Crippen molar-refractivity contribution < 1.29 is 19.4 Å².